The summed E-state index contributed by atoms with van der Waals surface area (Å²) in [6.45, 7) is 0. The lowest BCUT2D eigenvalue weighted by atomic mass is 10.1. The second kappa shape index (κ2) is 6.57. The van der Waals surface area contributed by atoms with E-state index in [1.165, 1.54) is 29.7 Å². The van der Waals surface area contributed by atoms with E-state index in [0.717, 1.165) is 6.26 Å². The molecule has 1 amide bonds. The fourth-order valence-corrected chi connectivity index (χ4v) is 3.17. The van der Waals surface area contributed by atoms with Crippen molar-refractivity contribution < 1.29 is 13.2 Å². The third-order valence-electron chi connectivity index (χ3n) is 3.25. The van der Waals surface area contributed by atoms with Crippen molar-refractivity contribution in [3.05, 3.63) is 47.7 Å². The molecule has 10 heteroatoms. The molecule has 25 heavy (non-hydrogen) atoms. The van der Waals surface area contributed by atoms with Gasteiger partial charge in [-0.15, -0.1) is 11.3 Å². The summed E-state index contributed by atoms with van der Waals surface area (Å²) in [5.74, 6) is -0.528. The monoisotopic (exact) mass is 375 g/mol. The Bertz CT molecular complexity index is 1020. The Morgan fingerprint density at radius 3 is 2.52 bits per heavy atom. The minimum Gasteiger partial charge on any atom is -0.382 e. The Kier molecular flexibility index (Phi) is 4.47. The summed E-state index contributed by atoms with van der Waals surface area (Å²) < 4.78 is 23.0. The molecule has 0 saturated carbocycles. The number of nitrogens with one attached hydrogen (secondary N) is 1. The van der Waals surface area contributed by atoms with Crippen molar-refractivity contribution in [3.63, 3.8) is 0 Å². The molecule has 0 aliphatic heterocycles. The first-order chi connectivity index (χ1) is 11.8. The highest BCUT2D eigenvalue weighted by atomic mass is 32.2. The van der Waals surface area contributed by atoms with E-state index in [9.17, 15) is 13.2 Å². The molecule has 3 aromatic rings. The van der Waals surface area contributed by atoms with Gasteiger partial charge in [-0.05, 0) is 12.1 Å². The summed E-state index contributed by atoms with van der Waals surface area (Å²) in [6, 6.07) is 6.13. The molecular weight excluding hydrogens is 362 g/mol. The third kappa shape index (κ3) is 3.80. The van der Waals surface area contributed by atoms with Gasteiger partial charge in [0.1, 0.15) is 0 Å². The van der Waals surface area contributed by atoms with E-state index in [1.807, 2.05) is 0 Å². The summed E-state index contributed by atoms with van der Waals surface area (Å²) >= 11 is 1.27. The van der Waals surface area contributed by atoms with Gasteiger partial charge in [-0.25, -0.2) is 23.4 Å². The standard InChI is InChI=1S/C15H13N5O3S2/c1-25(22,23)10-4-2-9(3-5-10)11-8-18-13(16)12(19-11)14(21)20-15-17-6-7-24-15/h2-8H,1H3,(H2,16,18)(H,17,20,21). The van der Waals surface area contributed by atoms with Crippen LogP contribution in [0.4, 0.5) is 10.9 Å². The van der Waals surface area contributed by atoms with Crippen molar-refractivity contribution in [3.8, 4) is 11.3 Å². The lowest BCUT2D eigenvalue weighted by Gasteiger charge is -2.07. The Hall–Kier alpha value is -2.85. The average Bonchev–Trinajstić information content (AvgIpc) is 3.07. The number of carbonyl (C=O) groups is 1. The highest BCUT2D eigenvalue weighted by Crippen LogP contribution is 2.21. The maximum absolute atomic E-state index is 12.3. The number of benzene rings is 1. The number of amides is 1. The molecule has 3 rings (SSSR count). The molecule has 128 valence electrons. The molecule has 2 aromatic heterocycles. The minimum absolute atomic E-state index is 0.00874. The molecule has 2 heterocycles. The first-order valence-corrected chi connectivity index (χ1v) is 9.75. The minimum atomic E-state index is -3.29. The Labute approximate surface area is 147 Å². The fraction of sp³-hybridized carbons (Fsp3) is 0.0667. The van der Waals surface area contributed by atoms with Crippen LogP contribution in [-0.4, -0.2) is 35.5 Å². The van der Waals surface area contributed by atoms with Crippen LogP contribution in [0.3, 0.4) is 0 Å². The van der Waals surface area contributed by atoms with Crippen molar-refractivity contribution >= 4 is 38.0 Å². The van der Waals surface area contributed by atoms with Crippen molar-refractivity contribution in [2.45, 2.75) is 4.90 Å². The predicted molar refractivity (Wildman–Crippen MR) is 95.1 cm³/mol. The molecule has 8 nitrogen and oxygen atoms in total. The highest BCUT2D eigenvalue weighted by molar-refractivity contribution is 7.90. The SMILES string of the molecule is CS(=O)(=O)c1ccc(-c2cnc(N)c(C(=O)Nc3nccs3)n2)cc1. The normalized spacial score (nSPS) is 11.2. The van der Waals surface area contributed by atoms with Crippen LogP contribution in [0.25, 0.3) is 11.3 Å². The number of nitrogen functional groups attached to an aromatic ring is 1. The zero-order valence-corrected chi connectivity index (χ0v) is 14.6. The lowest BCUT2D eigenvalue weighted by molar-refractivity contribution is 0.102. The highest BCUT2D eigenvalue weighted by Gasteiger charge is 2.16. The first kappa shape index (κ1) is 17.0. The van der Waals surface area contributed by atoms with Gasteiger partial charge in [-0.2, -0.15) is 0 Å². The maximum atomic E-state index is 12.3. The molecular formula is C15H13N5O3S2. The fourth-order valence-electron chi connectivity index (χ4n) is 2.02. The number of aromatic nitrogens is 3. The van der Waals surface area contributed by atoms with Gasteiger partial charge in [0, 0.05) is 23.4 Å². The number of nitrogens with zero attached hydrogens (tertiary/aromatic N) is 3. The van der Waals surface area contributed by atoms with Crippen LogP contribution >= 0.6 is 11.3 Å². The summed E-state index contributed by atoms with van der Waals surface area (Å²) in [5.41, 5.74) is 6.74. The van der Waals surface area contributed by atoms with Crippen LogP contribution < -0.4 is 11.1 Å². The van der Waals surface area contributed by atoms with E-state index >= 15 is 0 Å². The molecule has 0 aliphatic rings. The maximum Gasteiger partial charge on any atom is 0.279 e. The summed E-state index contributed by atoms with van der Waals surface area (Å²) in [5, 5.41) is 4.75. The molecule has 0 fully saturated rings. The lowest BCUT2D eigenvalue weighted by Crippen LogP contribution is -2.17. The number of sulfone groups is 1. The molecule has 3 N–H and O–H groups in total. The number of carbonyl (C=O) groups excluding carboxylic acids is 1. The molecule has 0 spiro atoms. The molecule has 0 atom stereocenters. The number of thiazole rings is 1. The zero-order chi connectivity index (χ0) is 18.0. The van der Waals surface area contributed by atoms with Gasteiger partial charge in [0.15, 0.2) is 26.5 Å². The Morgan fingerprint density at radius 2 is 1.92 bits per heavy atom. The number of anilines is 2. The quantitative estimate of drug-likeness (QED) is 0.712. The second-order valence-corrected chi connectivity index (χ2v) is 7.99. The van der Waals surface area contributed by atoms with Crippen LogP contribution in [0.1, 0.15) is 10.5 Å². The van der Waals surface area contributed by atoms with Gasteiger partial charge in [0.2, 0.25) is 0 Å². The van der Waals surface area contributed by atoms with Gasteiger partial charge in [0.25, 0.3) is 5.91 Å². The third-order valence-corrected chi connectivity index (χ3v) is 5.06. The van der Waals surface area contributed by atoms with Gasteiger partial charge in [-0.1, -0.05) is 12.1 Å². The molecule has 0 aliphatic carbocycles. The van der Waals surface area contributed by atoms with Gasteiger partial charge in [-0.3, -0.25) is 10.1 Å². The van der Waals surface area contributed by atoms with E-state index < -0.39 is 15.7 Å². The van der Waals surface area contributed by atoms with E-state index in [2.05, 4.69) is 20.3 Å². The average molecular weight is 375 g/mol. The zero-order valence-electron chi connectivity index (χ0n) is 13.0. The van der Waals surface area contributed by atoms with E-state index in [1.54, 1.807) is 23.7 Å². The van der Waals surface area contributed by atoms with Crippen LogP contribution in [0.2, 0.25) is 0 Å². The van der Waals surface area contributed by atoms with Gasteiger partial charge < -0.3 is 5.73 Å². The molecule has 0 bridgehead atoms. The first-order valence-electron chi connectivity index (χ1n) is 6.98. The van der Waals surface area contributed by atoms with Crippen molar-refractivity contribution in [1.82, 2.24) is 15.0 Å². The Balaban J connectivity index is 1.92. The van der Waals surface area contributed by atoms with E-state index in [4.69, 9.17) is 5.73 Å². The van der Waals surface area contributed by atoms with Crippen LogP contribution in [0.5, 0.6) is 0 Å². The summed E-state index contributed by atoms with van der Waals surface area (Å²) in [4.78, 5) is 24.7. The van der Waals surface area contributed by atoms with Gasteiger partial charge >= 0.3 is 0 Å². The number of hydrogen-bond acceptors (Lipinski definition) is 8. The van der Waals surface area contributed by atoms with E-state index in [-0.39, 0.29) is 16.4 Å². The van der Waals surface area contributed by atoms with Gasteiger partial charge in [0.05, 0.1) is 16.8 Å². The Morgan fingerprint density at radius 1 is 1.20 bits per heavy atom. The number of hydrogen-bond donors (Lipinski definition) is 2. The largest absolute Gasteiger partial charge is 0.382 e. The second-order valence-electron chi connectivity index (χ2n) is 5.08. The number of rotatable bonds is 4. The predicted octanol–water partition coefficient (Wildman–Crippen LogP) is 1.84. The molecule has 0 radical (unpaired) electrons. The molecule has 1 aromatic carbocycles. The van der Waals surface area contributed by atoms with Crippen LogP contribution in [-0.2, 0) is 9.84 Å². The summed E-state index contributed by atoms with van der Waals surface area (Å²) in [6.07, 6.45) is 4.12. The van der Waals surface area contributed by atoms with E-state index in [0.29, 0.717) is 16.4 Å². The van der Waals surface area contributed by atoms with Crippen LogP contribution in [0.15, 0.2) is 46.9 Å². The molecule has 0 unspecified atom stereocenters. The smallest absolute Gasteiger partial charge is 0.279 e. The van der Waals surface area contributed by atoms with Crippen molar-refractivity contribution in [1.29, 1.82) is 0 Å². The van der Waals surface area contributed by atoms with Crippen molar-refractivity contribution in [2.24, 2.45) is 0 Å². The van der Waals surface area contributed by atoms with Crippen molar-refractivity contribution in [2.75, 3.05) is 17.3 Å². The summed E-state index contributed by atoms with van der Waals surface area (Å²) in [7, 11) is -3.29. The number of nitrogens with two attached hydrogens (primary N) is 1. The van der Waals surface area contributed by atoms with Crippen LogP contribution in [0, 0.1) is 0 Å². The topological polar surface area (TPSA) is 128 Å². The molecule has 0 saturated heterocycles.